The average molecular weight is 284 g/mol. The molecule has 0 aliphatic heterocycles. The van der Waals surface area contributed by atoms with Crippen LogP contribution in [0.15, 0.2) is 60.7 Å². The van der Waals surface area contributed by atoms with Gasteiger partial charge in [-0.05, 0) is 23.1 Å². The molecule has 106 valence electrons. The molecule has 4 heteroatoms. The first-order valence-corrected chi connectivity index (χ1v) is 6.60. The van der Waals surface area contributed by atoms with Gasteiger partial charge in [-0.2, -0.15) is 0 Å². The van der Waals surface area contributed by atoms with Crippen LogP contribution >= 0.6 is 0 Å². The molecule has 3 aromatic rings. The van der Waals surface area contributed by atoms with E-state index in [2.05, 4.69) is 5.43 Å². The Morgan fingerprint density at radius 2 is 1.38 bits per heavy atom. The van der Waals surface area contributed by atoms with Crippen molar-refractivity contribution in [2.75, 3.05) is 0 Å². The highest BCUT2D eigenvalue weighted by atomic mass is 19.1. The van der Waals surface area contributed by atoms with E-state index in [1.54, 1.807) is 42.5 Å². The summed E-state index contributed by atoms with van der Waals surface area (Å²) in [6.07, 6.45) is 0. The highest BCUT2D eigenvalue weighted by molar-refractivity contribution is 5.87. The average Bonchev–Trinajstić information content (AvgIpc) is 2.52. The molecule has 3 aromatic carbocycles. The van der Waals surface area contributed by atoms with Gasteiger partial charge < -0.3 is 0 Å². The molecule has 1 atom stereocenters. The molecule has 0 bridgehead atoms. The summed E-state index contributed by atoms with van der Waals surface area (Å²) in [5.74, 6) is 4.96. The summed E-state index contributed by atoms with van der Waals surface area (Å²) < 4.78 is 27.9. The van der Waals surface area contributed by atoms with Crippen LogP contribution in [0.4, 0.5) is 8.78 Å². The molecule has 0 radical (unpaired) electrons. The van der Waals surface area contributed by atoms with Crippen LogP contribution in [0.1, 0.15) is 17.2 Å². The number of nitrogens with one attached hydrogen (secondary N) is 1. The molecular weight excluding hydrogens is 270 g/mol. The van der Waals surface area contributed by atoms with Crippen molar-refractivity contribution < 1.29 is 8.78 Å². The van der Waals surface area contributed by atoms with Gasteiger partial charge in [-0.25, -0.2) is 14.2 Å². The third-order valence-corrected chi connectivity index (χ3v) is 3.60. The number of halogens is 2. The Hall–Kier alpha value is -2.30. The molecule has 3 N–H and O–H groups in total. The van der Waals surface area contributed by atoms with E-state index in [4.69, 9.17) is 5.84 Å². The topological polar surface area (TPSA) is 38.0 Å². The highest BCUT2D eigenvalue weighted by Gasteiger charge is 2.19. The zero-order valence-electron chi connectivity index (χ0n) is 11.2. The van der Waals surface area contributed by atoms with Crippen molar-refractivity contribution in [2.45, 2.75) is 6.04 Å². The normalized spacial score (nSPS) is 12.5. The summed E-state index contributed by atoms with van der Waals surface area (Å²) >= 11 is 0. The summed E-state index contributed by atoms with van der Waals surface area (Å²) in [6, 6.07) is 16.0. The second kappa shape index (κ2) is 5.60. The first-order valence-electron chi connectivity index (χ1n) is 6.60. The molecule has 0 fully saturated rings. The Morgan fingerprint density at radius 3 is 2.10 bits per heavy atom. The van der Waals surface area contributed by atoms with Gasteiger partial charge in [-0.1, -0.05) is 48.5 Å². The molecule has 0 aliphatic rings. The number of hydrogen-bond donors (Lipinski definition) is 2. The second-order valence-corrected chi connectivity index (χ2v) is 4.80. The summed E-state index contributed by atoms with van der Waals surface area (Å²) in [5.41, 5.74) is 3.79. The monoisotopic (exact) mass is 284 g/mol. The van der Waals surface area contributed by atoms with Crippen LogP contribution in [0.2, 0.25) is 0 Å². The second-order valence-electron chi connectivity index (χ2n) is 4.80. The number of hydrogen-bond acceptors (Lipinski definition) is 2. The molecule has 0 aliphatic carbocycles. The van der Waals surface area contributed by atoms with Crippen LogP contribution in [0.5, 0.6) is 0 Å². The zero-order valence-corrected chi connectivity index (χ0v) is 11.2. The smallest absolute Gasteiger partial charge is 0.131 e. The standard InChI is InChI=1S/C17H14F2N2/c18-15-8-4-3-7-14(15)17(21-20)13-9-10-16(19)12-6-2-1-5-11(12)13/h1-10,17,21H,20H2. The quantitative estimate of drug-likeness (QED) is 0.569. The minimum atomic E-state index is -0.545. The summed E-state index contributed by atoms with van der Waals surface area (Å²) in [6.45, 7) is 0. The molecule has 1 unspecified atom stereocenters. The van der Waals surface area contributed by atoms with Gasteiger partial charge in [0.2, 0.25) is 0 Å². The maximum absolute atomic E-state index is 14.0. The maximum atomic E-state index is 14.0. The summed E-state index contributed by atoms with van der Waals surface area (Å²) in [5, 5.41) is 1.20. The lowest BCUT2D eigenvalue weighted by Gasteiger charge is -2.19. The van der Waals surface area contributed by atoms with Gasteiger partial charge in [-0.15, -0.1) is 0 Å². The zero-order chi connectivity index (χ0) is 14.8. The van der Waals surface area contributed by atoms with E-state index in [1.807, 2.05) is 6.07 Å². The third-order valence-electron chi connectivity index (χ3n) is 3.60. The fraction of sp³-hybridized carbons (Fsp3) is 0.0588. The van der Waals surface area contributed by atoms with Crippen LogP contribution in [0.3, 0.4) is 0 Å². The van der Waals surface area contributed by atoms with Crippen molar-refractivity contribution in [1.82, 2.24) is 5.43 Å². The van der Waals surface area contributed by atoms with Gasteiger partial charge in [0.15, 0.2) is 0 Å². The molecule has 0 aromatic heterocycles. The number of nitrogens with two attached hydrogens (primary N) is 1. The van der Waals surface area contributed by atoms with E-state index < -0.39 is 6.04 Å². The van der Waals surface area contributed by atoms with Crippen molar-refractivity contribution in [3.63, 3.8) is 0 Å². The number of fused-ring (bicyclic) bond motifs is 1. The van der Waals surface area contributed by atoms with Crippen molar-refractivity contribution in [3.05, 3.63) is 83.4 Å². The predicted molar refractivity (Wildman–Crippen MR) is 79.5 cm³/mol. The van der Waals surface area contributed by atoms with Crippen molar-refractivity contribution >= 4 is 10.8 Å². The SMILES string of the molecule is NNC(c1ccccc1F)c1ccc(F)c2ccccc12. The minimum absolute atomic E-state index is 0.307. The van der Waals surface area contributed by atoms with Crippen molar-refractivity contribution in [3.8, 4) is 0 Å². The molecule has 0 saturated carbocycles. The Labute approximate surface area is 121 Å². The third kappa shape index (κ3) is 2.39. The molecule has 0 saturated heterocycles. The maximum Gasteiger partial charge on any atom is 0.131 e. The molecule has 2 nitrogen and oxygen atoms in total. The Bertz CT molecular complexity index is 787. The van der Waals surface area contributed by atoms with Crippen LogP contribution in [0, 0.1) is 11.6 Å². The molecule has 0 spiro atoms. The predicted octanol–water partition coefficient (Wildman–Crippen LogP) is 3.67. The van der Waals surface area contributed by atoms with E-state index >= 15 is 0 Å². The van der Waals surface area contributed by atoms with E-state index in [9.17, 15) is 8.78 Å². The van der Waals surface area contributed by atoms with Crippen molar-refractivity contribution in [2.24, 2.45) is 5.84 Å². The van der Waals surface area contributed by atoms with Crippen LogP contribution in [-0.4, -0.2) is 0 Å². The van der Waals surface area contributed by atoms with Gasteiger partial charge in [-0.3, -0.25) is 5.84 Å². The van der Waals surface area contributed by atoms with Crippen molar-refractivity contribution in [1.29, 1.82) is 0 Å². The number of hydrazine groups is 1. The van der Waals surface area contributed by atoms with E-state index in [-0.39, 0.29) is 11.6 Å². The Kier molecular flexibility index (Phi) is 3.64. The lowest BCUT2D eigenvalue weighted by atomic mass is 9.93. The van der Waals surface area contributed by atoms with E-state index in [0.29, 0.717) is 16.3 Å². The van der Waals surface area contributed by atoms with Crippen LogP contribution in [0.25, 0.3) is 10.8 Å². The lowest BCUT2D eigenvalue weighted by Crippen LogP contribution is -2.29. The van der Waals surface area contributed by atoms with E-state index in [1.165, 1.54) is 12.1 Å². The molecule has 3 rings (SSSR count). The molecule has 0 heterocycles. The Balaban J connectivity index is 2.23. The molecular formula is C17H14F2N2. The summed E-state index contributed by atoms with van der Waals surface area (Å²) in [4.78, 5) is 0. The highest BCUT2D eigenvalue weighted by Crippen LogP contribution is 2.31. The molecule has 0 amide bonds. The lowest BCUT2D eigenvalue weighted by molar-refractivity contribution is 0.561. The first kappa shape index (κ1) is 13.7. The minimum Gasteiger partial charge on any atom is -0.271 e. The van der Waals surface area contributed by atoms with Gasteiger partial charge in [0.25, 0.3) is 0 Å². The Morgan fingerprint density at radius 1 is 0.714 bits per heavy atom. The van der Waals surface area contributed by atoms with Gasteiger partial charge in [0.05, 0.1) is 6.04 Å². The summed E-state index contributed by atoms with van der Waals surface area (Å²) in [7, 11) is 0. The molecule has 21 heavy (non-hydrogen) atoms. The fourth-order valence-electron chi connectivity index (χ4n) is 2.59. The number of rotatable bonds is 3. The van der Waals surface area contributed by atoms with Crippen LogP contribution < -0.4 is 11.3 Å². The number of benzene rings is 3. The van der Waals surface area contributed by atoms with Gasteiger partial charge in [0.1, 0.15) is 11.6 Å². The van der Waals surface area contributed by atoms with Gasteiger partial charge in [0, 0.05) is 10.9 Å². The van der Waals surface area contributed by atoms with Crippen LogP contribution in [-0.2, 0) is 0 Å². The largest absolute Gasteiger partial charge is 0.271 e. The van der Waals surface area contributed by atoms with E-state index in [0.717, 1.165) is 5.56 Å². The van der Waals surface area contributed by atoms with Gasteiger partial charge >= 0.3 is 0 Å². The first-order chi connectivity index (χ1) is 10.2. The fourth-order valence-corrected chi connectivity index (χ4v) is 2.59.